The van der Waals surface area contributed by atoms with Crippen molar-refractivity contribution in [1.82, 2.24) is 15.2 Å². The number of carbonyl (C=O) groups excluding carboxylic acids is 3. The lowest BCUT2D eigenvalue weighted by Crippen LogP contribution is -2.43. The van der Waals surface area contributed by atoms with Crippen LogP contribution < -0.4 is 10.1 Å². The Bertz CT molecular complexity index is 1020. The van der Waals surface area contributed by atoms with E-state index in [1.54, 1.807) is 14.0 Å². The second kappa shape index (κ2) is 11.7. The lowest BCUT2D eigenvalue weighted by Gasteiger charge is -2.31. The van der Waals surface area contributed by atoms with Gasteiger partial charge in [0.1, 0.15) is 11.4 Å². The van der Waals surface area contributed by atoms with Gasteiger partial charge in [-0.2, -0.15) is 0 Å². The molecule has 184 valence electrons. The maximum atomic E-state index is 12.8. The number of rotatable bonds is 9. The number of hydrogen-bond donors (Lipinski definition) is 2. The quantitative estimate of drug-likeness (QED) is 0.549. The van der Waals surface area contributed by atoms with Crippen molar-refractivity contribution in [2.45, 2.75) is 53.0 Å². The van der Waals surface area contributed by atoms with Crippen molar-refractivity contribution in [2.75, 3.05) is 26.8 Å². The standard InChI is InChI=1S/C26H35N3O5/c1-5-34-26(32)24-17(2)22(18(3)28-24)9-10-23(30)29-13-11-20(12-14-29)25(31)27-16-19-7-6-8-21(15-19)33-4/h6-8,15,20,28H,5,9-14,16H2,1-4H3,(H,27,31). The number of likely N-dealkylation sites (tertiary alicyclic amines) is 1. The van der Waals surface area contributed by atoms with Crippen LogP contribution >= 0.6 is 0 Å². The highest BCUT2D eigenvalue weighted by Crippen LogP contribution is 2.23. The van der Waals surface area contributed by atoms with Gasteiger partial charge < -0.3 is 24.7 Å². The Kier molecular flexibility index (Phi) is 8.73. The van der Waals surface area contributed by atoms with E-state index in [1.807, 2.05) is 43.0 Å². The summed E-state index contributed by atoms with van der Waals surface area (Å²) in [4.78, 5) is 42.4. The van der Waals surface area contributed by atoms with Crippen LogP contribution in [-0.2, 0) is 27.3 Å². The van der Waals surface area contributed by atoms with E-state index in [-0.39, 0.29) is 23.7 Å². The number of piperidine rings is 1. The van der Waals surface area contributed by atoms with Gasteiger partial charge in [-0.1, -0.05) is 12.1 Å². The maximum absolute atomic E-state index is 12.8. The number of carbonyl (C=O) groups is 3. The largest absolute Gasteiger partial charge is 0.497 e. The molecule has 0 bridgehead atoms. The van der Waals surface area contributed by atoms with E-state index in [1.165, 1.54) is 0 Å². The molecule has 8 nitrogen and oxygen atoms in total. The lowest BCUT2D eigenvalue weighted by atomic mass is 9.95. The Balaban J connectivity index is 1.45. The van der Waals surface area contributed by atoms with E-state index >= 15 is 0 Å². The number of aryl methyl sites for hydroxylation is 1. The summed E-state index contributed by atoms with van der Waals surface area (Å²) in [5.41, 5.74) is 4.17. The first-order valence-corrected chi connectivity index (χ1v) is 11.9. The van der Waals surface area contributed by atoms with Crippen LogP contribution in [0.3, 0.4) is 0 Å². The summed E-state index contributed by atoms with van der Waals surface area (Å²) in [6.07, 6.45) is 2.25. The molecule has 0 aliphatic carbocycles. The summed E-state index contributed by atoms with van der Waals surface area (Å²) in [6.45, 7) is 7.49. The Hall–Kier alpha value is -3.29. The third kappa shape index (κ3) is 6.18. The molecule has 8 heteroatoms. The molecule has 0 radical (unpaired) electrons. The molecule has 3 rings (SSSR count). The molecule has 0 atom stereocenters. The van der Waals surface area contributed by atoms with Gasteiger partial charge in [-0.25, -0.2) is 4.79 Å². The summed E-state index contributed by atoms with van der Waals surface area (Å²) in [6, 6.07) is 7.63. The van der Waals surface area contributed by atoms with Crippen molar-refractivity contribution in [1.29, 1.82) is 0 Å². The first kappa shape index (κ1) is 25.3. The van der Waals surface area contributed by atoms with Crippen molar-refractivity contribution in [2.24, 2.45) is 5.92 Å². The smallest absolute Gasteiger partial charge is 0.355 e. The monoisotopic (exact) mass is 469 g/mol. The van der Waals surface area contributed by atoms with Crippen molar-refractivity contribution in [3.63, 3.8) is 0 Å². The van der Waals surface area contributed by atoms with Gasteiger partial charge in [0, 0.05) is 37.7 Å². The first-order chi connectivity index (χ1) is 16.3. The fraction of sp³-hybridized carbons (Fsp3) is 0.500. The van der Waals surface area contributed by atoms with E-state index < -0.39 is 0 Å². The number of ether oxygens (including phenoxy) is 2. The Morgan fingerprint density at radius 1 is 1.18 bits per heavy atom. The highest BCUT2D eigenvalue weighted by atomic mass is 16.5. The number of aromatic nitrogens is 1. The van der Waals surface area contributed by atoms with E-state index in [0.29, 0.717) is 57.6 Å². The van der Waals surface area contributed by atoms with Crippen molar-refractivity contribution in [3.05, 3.63) is 52.3 Å². The molecule has 2 N–H and O–H groups in total. The molecule has 1 aliphatic heterocycles. The predicted octanol–water partition coefficient (Wildman–Crippen LogP) is 3.30. The molecule has 0 unspecified atom stereocenters. The van der Waals surface area contributed by atoms with Gasteiger partial charge in [0.2, 0.25) is 11.8 Å². The predicted molar refractivity (Wildman–Crippen MR) is 129 cm³/mol. The van der Waals surface area contributed by atoms with E-state index in [0.717, 1.165) is 28.1 Å². The van der Waals surface area contributed by atoms with Gasteiger partial charge >= 0.3 is 5.97 Å². The summed E-state index contributed by atoms with van der Waals surface area (Å²) >= 11 is 0. The minimum absolute atomic E-state index is 0.0278. The number of nitrogens with zero attached hydrogens (tertiary/aromatic N) is 1. The van der Waals surface area contributed by atoms with E-state index in [4.69, 9.17) is 9.47 Å². The first-order valence-electron chi connectivity index (χ1n) is 11.9. The Labute approximate surface area is 201 Å². The highest BCUT2D eigenvalue weighted by molar-refractivity contribution is 5.90. The number of methoxy groups -OCH3 is 1. The summed E-state index contributed by atoms with van der Waals surface area (Å²) in [7, 11) is 1.62. The van der Waals surface area contributed by atoms with Gasteiger partial charge in [0.25, 0.3) is 0 Å². The average molecular weight is 470 g/mol. The number of aromatic amines is 1. The molecule has 1 aliphatic rings. The van der Waals surface area contributed by atoms with Crippen LogP contribution in [0.2, 0.25) is 0 Å². The molecule has 2 aromatic rings. The third-order valence-corrected chi connectivity index (χ3v) is 6.48. The molecule has 1 fully saturated rings. The molecule has 0 spiro atoms. The Morgan fingerprint density at radius 2 is 1.91 bits per heavy atom. The maximum Gasteiger partial charge on any atom is 0.355 e. The lowest BCUT2D eigenvalue weighted by molar-refractivity contribution is -0.135. The van der Waals surface area contributed by atoms with Crippen molar-refractivity contribution < 1.29 is 23.9 Å². The Morgan fingerprint density at radius 3 is 2.59 bits per heavy atom. The highest BCUT2D eigenvalue weighted by Gasteiger charge is 2.27. The number of nitrogens with one attached hydrogen (secondary N) is 2. The van der Waals surface area contributed by atoms with Crippen LogP contribution in [0, 0.1) is 19.8 Å². The van der Waals surface area contributed by atoms with E-state index in [9.17, 15) is 14.4 Å². The fourth-order valence-electron chi connectivity index (χ4n) is 4.47. The third-order valence-electron chi connectivity index (χ3n) is 6.48. The van der Waals surface area contributed by atoms with Crippen LogP contribution in [0.4, 0.5) is 0 Å². The van der Waals surface area contributed by atoms with Crippen LogP contribution in [0.15, 0.2) is 24.3 Å². The molecule has 34 heavy (non-hydrogen) atoms. The molecule has 2 heterocycles. The summed E-state index contributed by atoms with van der Waals surface area (Å²) in [5, 5.41) is 3.00. The molecule has 1 saturated heterocycles. The number of amides is 2. The average Bonchev–Trinajstić information content (AvgIpc) is 3.14. The number of H-pyrrole nitrogens is 1. The molecule has 1 aromatic heterocycles. The number of esters is 1. The van der Waals surface area contributed by atoms with E-state index in [2.05, 4.69) is 10.3 Å². The normalized spacial score (nSPS) is 14.1. The SMILES string of the molecule is CCOC(=O)c1[nH]c(C)c(CCC(=O)N2CCC(C(=O)NCc3cccc(OC)c3)CC2)c1C. The summed E-state index contributed by atoms with van der Waals surface area (Å²) < 4.78 is 10.3. The van der Waals surface area contributed by atoms with Crippen LogP contribution in [0.1, 0.15) is 59.1 Å². The van der Waals surface area contributed by atoms with Gasteiger partial charge in [0.15, 0.2) is 0 Å². The topological polar surface area (TPSA) is 101 Å². The molecule has 1 aromatic carbocycles. The molecule has 0 saturated carbocycles. The van der Waals surface area contributed by atoms with Crippen molar-refractivity contribution >= 4 is 17.8 Å². The second-order valence-electron chi connectivity index (χ2n) is 8.67. The van der Waals surface area contributed by atoms with Crippen molar-refractivity contribution in [3.8, 4) is 5.75 Å². The minimum Gasteiger partial charge on any atom is -0.497 e. The molecule has 2 amide bonds. The fourth-order valence-corrected chi connectivity index (χ4v) is 4.47. The zero-order chi connectivity index (χ0) is 24.7. The van der Waals surface area contributed by atoms with Gasteiger partial charge in [-0.3, -0.25) is 9.59 Å². The summed E-state index contributed by atoms with van der Waals surface area (Å²) in [5.74, 6) is 0.414. The van der Waals surface area contributed by atoms with Crippen LogP contribution in [-0.4, -0.2) is 54.5 Å². The zero-order valence-corrected chi connectivity index (χ0v) is 20.5. The van der Waals surface area contributed by atoms with Crippen LogP contribution in [0.5, 0.6) is 5.75 Å². The molecular formula is C26H35N3O5. The van der Waals surface area contributed by atoms with Crippen LogP contribution in [0.25, 0.3) is 0 Å². The molecular weight excluding hydrogens is 434 g/mol. The van der Waals surface area contributed by atoms with Gasteiger partial charge in [0.05, 0.1) is 13.7 Å². The number of hydrogen-bond acceptors (Lipinski definition) is 5. The zero-order valence-electron chi connectivity index (χ0n) is 20.5. The number of benzene rings is 1. The second-order valence-corrected chi connectivity index (χ2v) is 8.67. The van der Waals surface area contributed by atoms with Gasteiger partial charge in [-0.05, 0) is 68.9 Å². The minimum atomic E-state index is -0.368. The van der Waals surface area contributed by atoms with Gasteiger partial charge in [-0.15, -0.1) is 0 Å².